The molecule has 0 radical (unpaired) electrons. The molecule has 0 unspecified atom stereocenters. The molecule has 3 rings (SSSR count). The Labute approximate surface area is 207 Å². The van der Waals surface area contributed by atoms with E-state index in [0.717, 1.165) is 0 Å². The van der Waals surface area contributed by atoms with Crippen LogP contribution >= 0.6 is 11.6 Å². The molecule has 188 valence electrons. The van der Waals surface area contributed by atoms with Crippen LogP contribution in [-0.2, 0) is 16.6 Å². The number of nitrogens with zero attached hydrogens (tertiary/aromatic N) is 4. The second-order valence-electron chi connectivity index (χ2n) is 7.49. The molecule has 2 aromatic rings. The third-order valence-corrected chi connectivity index (χ3v) is 5.71. The first kappa shape index (κ1) is 25.9. The molecule has 11 nitrogen and oxygen atoms in total. The summed E-state index contributed by atoms with van der Waals surface area (Å²) in [6.07, 6.45) is 2.62. The topological polar surface area (TPSA) is 112 Å². The summed E-state index contributed by atoms with van der Waals surface area (Å²) in [6.45, 7) is 4.27. The Kier molecular flexibility index (Phi) is 8.23. The van der Waals surface area contributed by atoms with Crippen molar-refractivity contribution in [3.63, 3.8) is 0 Å². The van der Waals surface area contributed by atoms with E-state index in [4.69, 9.17) is 30.5 Å². The Hall–Kier alpha value is -3.73. The van der Waals surface area contributed by atoms with Crippen LogP contribution in [-0.4, -0.2) is 71.7 Å². The lowest BCUT2D eigenvalue weighted by molar-refractivity contribution is -0.134. The molecule has 0 bridgehead atoms. The minimum absolute atomic E-state index is 0.0222. The summed E-state index contributed by atoms with van der Waals surface area (Å²) >= 11 is 6.23. The second kappa shape index (κ2) is 11.1. The number of aryl methyl sites for hydroxylation is 2. The molecule has 1 aliphatic rings. The zero-order chi connectivity index (χ0) is 25.7. The van der Waals surface area contributed by atoms with Crippen molar-refractivity contribution < 1.29 is 33.3 Å². The third kappa shape index (κ3) is 5.51. The van der Waals surface area contributed by atoms with Crippen molar-refractivity contribution in [2.24, 2.45) is 7.05 Å². The van der Waals surface area contributed by atoms with Gasteiger partial charge in [0.15, 0.2) is 11.5 Å². The Morgan fingerprint density at radius 1 is 1.11 bits per heavy atom. The molecule has 0 aliphatic carbocycles. The molecule has 1 aromatic heterocycles. The van der Waals surface area contributed by atoms with Crippen LogP contribution in [0.4, 0.5) is 4.79 Å². The number of halogens is 1. The van der Waals surface area contributed by atoms with E-state index in [9.17, 15) is 14.4 Å². The maximum atomic E-state index is 13.3. The molecule has 0 atom stereocenters. The molecule has 1 aromatic carbocycles. The predicted octanol–water partition coefficient (Wildman–Crippen LogP) is 3.24. The van der Waals surface area contributed by atoms with Crippen LogP contribution < -0.4 is 14.2 Å². The number of methoxy groups -OCH3 is 2. The SMILES string of the molecule is CCOC(=O)Oc1c(OC)cc(C(=O)N2CCCN2C(=O)C=Cc2c(C)nn(C)c2Cl)cc1OC. The Morgan fingerprint density at radius 3 is 2.29 bits per heavy atom. The number of benzene rings is 1. The van der Waals surface area contributed by atoms with Gasteiger partial charge in [0, 0.05) is 37.3 Å². The van der Waals surface area contributed by atoms with Gasteiger partial charge in [0.1, 0.15) is 5.15 Å². The Morgan fingerprint density at radius 2 is 1.74 bits per heavy atom. The number of hydrogen-bond donors (Lipinski definition) is 0. The summed E-state index contributed by atoms with van der Waals surface area (Å²) in [6, 6.07) is 2.82. The van der Waals surface area contributed by atoms with E-state index in [2.05, 4.69) is 5.10 Å². The summed E-state index contributed by atoms with van der Waals surface area (Å²) in [7, 11) is 4.44. The Bertz CT molecular complexity index is 1140. The molecule has 1 fully saturated rings. The number of rotatable bonds is 7. The lowest BCUT2D eigenvalue weighted by Crippen LogP contribution is -2.44. The highest BCUT2D eigenvalue weighted by molar-refractivity contribution is 6.31. The van der Waals surface area contributed by atoms with Crippen LogP contribution in [0.25, 0.3) is 6.08 Å². The molecular weight excluding hydrogens is 480 g/mol. The number of ether oxygens (including phenoxy) is 4. The second-order valence-corrected chi connectivity index (χ2v) is 7.84. The van der Waals surface area contributed by atoms with Crippen LogP contribution in [0.3, 0.4) is 0 Å². The zero-order valence-electron chi connectivity index (χ0n) is 20.2. The van der Waals surface area contributed by atoms with E-state index < -0.39 is 12.1 Å². The van der Waals surface area contributed by atoms with Crippen molar-refractivity contribution in [1.82, 2.24) is 19.8 Å². The summed E-state index contributed by atoms with van der Waals surface area (Å²) < 4.78 is 22.1. The van der Waals surface area contributed by atoms with Crippen molar-refractivity contribution in [3.05, 3.63) is 40.2 Å². The van der Waals surface area contributed by atoms with Crippen molar-refractivity contribution in [2.75, 3.05) is 33.9 Å². The number of hydrogen-bond acceptors (Lipinski definition) is 8. The number of amides is 2. The molecular formula is C23H27ClN4O7. The van der Waals surface area contributed by atoms with Crippen LogP contribution in [0, 0.1) is 6.92 Å². The van der Waals surface area contributed by atoms with Gasteiger partial charge in [-0.1, -0.05) is 11.6 Å². The molecule has 35 heavy (non-hydrogen) atoms. The maximum Gasteiger partial charge on any atom is 0.514 e. The van der Waals surface area contributed by atoms with Crippen LogP contribution in [0.1, 0.15) is 35.0 Å². The fourth-order valence-electron chi connectivity index (χ4n) is 3.61. The highest BCUT2D eigenvalue weighted by Gasteiger charge is 2.32. The zero-order valence-corrected chi connectivity index (χ0v) is 20.9. The highest BCUT2D eigenvalue weighted by atomic mass is 35.5. The standard InChI is InChI=1S/C23H27ClN4O7/c1-6-34-23(31)35-20-17(32-4)12-15(13-18(20)33-5)22(30)28-11-7-10-27(28)19(29)9-8-16-14(2)25-26(3)21(16)24/h8-9,12-13H,6-7,10-11H2,1-5H3. The molecule has 1 aliphatic heterocycles. The van der Waals surface area contributed by atoms with Gasteiger partial charge in [-0.3, -0.25) is 14.3 Å². The number of carbonyl (C=O) groups is 3. The molecule has 0 N–H and O–H groups in total. The van der Waals surface area contributed by atoms with Gasteiger partial charge in [0.25, 0.3) is 11.8 Å². The van der Waals surface area contributed by atoms with Crippen molar-refractivity contribution in [1.29, 1.82) is 0 Å². The Balaban J connectivity index is 1.85. The number of hydrazine groups is 1. The van der Waals surface area contributed by atoms with Gasteiger partial charge in [-0.25, -0.2) is 14.8 Å². The first-order valence-corrected chi connectivity index (χ1v) is 11.2. The normalized spacial score (nSPS) is 13.3. The van der Waals surface area contributed by atoms with Gasteiger partial charge in [-0.2, -0.15) is 5.10 Å². The summed E-state index contributed by atoms with van der Waals surface area (Å²) in [4.78, 5) is 38.1. The van der Waals surface area contributed by atoms with E-state index in [1.54, 1.807) is 27.0 Å². The van der Waals surface area contributed by atoms with E-state index >= 15 is 0 Å². The lowest BCUT2D eigenvalue weighted by atomic mass is 10.1. The van der Waals surface area contributed by atoms with Crippen LogP contribution in [0.2, 0.25) is 5.15 Å². The average Bonchev–Trinajstić information content (AvgIpc) is 3.42. The van der Waals surface area contributed by atoms with Crippen LogP contribution in [0.15, 0.2) is 18.2 Å². The monoisotopic (exact) mass is 506 g/mol. The summed E-state index contributed by atoms with van der Waals surface area (Å²) in [5, 5.41) is 7.34. The minimum Gasteiger partial charge on any atom is -0.493 e. The van der Waals surface area contributed by atoms with E-state index in [0.29, 0.717) is 35.9 Å². The van der Waals surface area contributed by atoms with Crippen molar-refractivity contribution in [2.45, 2.75) is 20.3 Å². The first-order chi connectivity index (χ1) is 16.7. The average molecular weight is 507 g/mol. The van der Waals surface area contributed by atoms with E-state index in [1.807, 2.05) is 0 Å². The molecule has 1 saturated heterocycles. The van der Waals surface area contributed by atoms with Gasteiger partial charge < -0.3 is 18.9 Å². The highest BCUT2D eigenvalue weighted by Crippen LogP contribution is 2.39. The number of carbonyl (C=O) groups excluding carboxylic acids is 3. The van der Waals surface area contributed by atoms with Gasteiger partial charge in [-0.05, 0) is 38.5 Å². The number of aromatic nitrogens is 2. The molecule has 0 saturated carbocycles. The largest absolute Gasteiger partial charge is 0.514 e. The smallest absolute Gasteiger partial charge is 0.493 e. The summed E-state index contributed by atoms with van der Waals surface area (Å²) in [5.41, 5.74) is 1.50. The first-order valence-electron chi connectivity index (χ1n) is 10.8. The molecule has 2 heterocycles. The molecule has 12 heteroatoms. The minimum atomic E-state index is -0.935. The van der Waals surface area contributed by atoms with E-state index in [-0.39, 0.29) is 35.3 Å². The van der Waals surface area contributed by atoms with Gasteiger partial charge in [-0.15, -0.1) is 0 Å². The van der Waals surface area contributed by atoms with E-state index in [1.165, 1.54) is 47.1 Å². The third-order valence-electron chi connectivity index (χ3n) is 5.26. The van der Waals surface area contributed by atoms with Gasteiger partial charge in [0.2, 0.25) is 5.75 Å². The van der Waals surface area contributed by atoms with Crippen LogP contribution in [0.5, 0.6) is 17.2 Å². The maximum absolute atomic E-state index is 13.3. The molecule has 2 amide bonds. The van der Waals surface area contributed by atoms with Gasteiger partial charge >= 0.3 is 6.16 Å². The van der Waals surface area contributed by atoms with Crippen molar-refractivity contribution in [3.8, 4) is 17.2 Å². The summed E-state index contributed by atoms with van der Waals surface area (Å²) in [5.74, 6) is -0.652. The van der Waals surface area contributed by atoms with Gasteiger partial charge in [0.05, 0.1) is 26.5 Å². The lowest BCUT2D eigenvalue weighted by Gasteiger charge is -2.27. The molecule has 0 spiro atoms. The quantitative estimate of drug-likeness (QED) is 0.319. The van der Waals surface area contributed by atoms with Crippen molar-refractivity contribution >= 4 is 35.6 Å². The predicted molar refractivity (Wildman–Crippen MR) is 127 cm³/mol. The fourth-order valence-corrected chi connectivity index (χ4v) is 3.85. The fraction of sp³-hybridized carbons (Fsp3) is 0.391.